The average molecular weight is 244 g/mol. The van der Waals surface area contributed by atoms with Crippen LogP contribution in [0.25, 0.3) is 0 Å². The van der Waals surface area contributed by atoms with E-state index >= 15 is 0 Å². The standard InChI is InChI=1S/C11H18ClN3O/c1-8-9(10(12)15(3)14-8)6-13-11(2)4-5-16-7-11/h13H,4-7H2,1-3H3. The van der Waals surface area contributed by atoms with E-state index in [1.54, 1.807) is 4.68 Å². The molecule has 0 aromatic carbocycles. The van der Waals surface area contributed by atoms with E-state index in [9.17, 15) is 0 Å². The van der Waals surface area contributed by atoms with Crippen LogP contribution < -0.4 is 5.32 Å². The summed E-state index contributed by atoms with van der Waals surface area (Å²) in [6.45, 7) is 6.52. The lowest BCUT2D eigenvalue weighted by Gasteiger charge is -2.23. The molecule has 0 aliphatic carbocycles. The fourth-order valence-electron chi connectivity index (χ4n) is 1.98. The highest BCUT2D eigenvalue weighted by Gasteiger charge is 2.29. The van der Waals surface area contributed by atoms with E-state index in [1.165, 1.54) is 0 Å². The minimum atomic E-state index is 0.0750. The first-order valence-electron chi connectivity index (χ1n) is 5.52. The van der Waals surface area contributed by atoms with E-state index < -0.39 is 0 Å². The van der Waals surface area contributed by atoms with Crippen LogP contribution in [-0.2, 0) is 18.3 Å². The molecule has 1 atom stereocenters. The Bertz CT molecular complexity index is 383. The second-order valence-corrected chi connectivity index (χ2v) is 5.05. The van der Waals surface area contributed by atoms with Gasteiger partial charge in [0.2, 0.25) is 0 Å². The first-order chi connectivity index (χ1) is 7.52. The largest absolute Gasteiger partial charge is 0.379 e. The summed E-state index contributed by atoms with van der Waals surface area (Å²) in [4.78, 5) is 0. The van der Waals surface area contributed by atoms with Crippen molar-refractivity contribution in [2.75, 3.05) is 13.2 Å². The molecule has 2 heterocycles. The lowest BCUT2D eigenvalue weighted by molar-refractivity contribution is 0.171. The Morgan fingerprint density at radius 3 is 2.88 bits per heavy atom. The highest BCUT2D eigenvalue weighted by atomic mass is 35.5. The van der Waals surface area contributed by atoms with Gasteiger partial charge in [0.05, 0.1) is 12.3 Å². The van der Waals surface area contributed by atoms with Gasteiger partial charge in [-0.3, -0.25) is 4.68 Å². The summed E-state index contributed by atoms with van der Waals surface area (Å²) in [5, 5.41) is 8.51. The van der Waals surface area contributed by atoms with Crippen LogP contribution in [0.2, 0.25) is 5.15 Å². The number of nitrogens with zero attached hydrogens (tertiary/aromatic N) is 2. The highest BCUT2D eigenvalue weighted by molar-refractivity contribution is 6.30. The minimum absolute atomic E-state index is 0.0750. The Morgan fingerprint density at radius 2 is 2.38 bits per heavy atom. The summed E-state index contributed by atoms with van der Waals surface area (Å²) in [6.07, 6.45) is 1.05. The third-order valence-electron chi connectivity index (χ3n) is 3.18. The highest BCUT2D eigenvalue weighted by Crippen LogP contribution is 2.22. The molecule has 90 valence electrons. The molecule has 1 N–H and O–H groups in total. The zero-order chi connectivity index (χ0) is 11.8. The molecule has 0 radical (unpaired) electrons. The number of hydrogen-bond donors (Lipinski definition) is 1. The topological polar surface area (TPSA) is 39.1 Å². The van der Waals surface area contributed by atoms with Gasteiger partial charge in [-0.25, -0.2) is 0 Å². The zero-order valence-electron chi connectivity index (χ0n) is 10.0. The quantitative estimate of drug-likeness (QED) is 0.878. The molecule has 1 aromatic heterocycles. The van der Waals surface area contributed by atoms with Crippen LogP contribution in [0.4, 0.5) is 0 Å². The van der Waals surface area contributed by atoms with Gasteiger partial charge in [0.1, 0.15) is 5.15 Å². The van der Waals surface area contributed by atoms with E-state index in [0.717, 1.165) is 37.4 Å². The Morgan fingerprint density at radius 1 is 1.62 bits per heavy atom. The maximum absolute atomic E-state index is 6.17. The number of nitrogens with one attached hydrogen (secondary N) is 1. The number of ether oxygens (including phenoxy) is 1. The van der Waals surface area contributed by atoms with Crippen LogP contribution >= 0.6 is 11.6 Å². The first-order valence-corrected chi connectivity index (χ1v) is 5.90. The van der Waals surface area contributed by atoms with Gasteiger partial charge in [-0.15, -0.1) is 0 Å². The molecule has 0 spiro atoms. The van der Waals surface area contributed by atoms with E-state index in [-0.39, 0.29) is 5.54 Å². The van der Waals surface area contributed by atoms with Crippen LogP contribution in [0.5, 0.6) is 0 Å². The number of rotatable bonds is 3. The lowest BCUT2D eigenvalue weighted by Crippen LogP contribution is -2.42. The monoisotopic (exact) mass is 243 g/mol. The molecule has 0 amide bonds. The van der Waals surface area contributed by atoms with Crippen molar-refractivity contribution < 1.29 is 4.74 Å². The zero-order valence-corrected chi connectivity index (χ0v) is 10.8. The molecule has 1 aliphatic rings. The third-order valence-corrected chi connectivity index (χ3v) is 3.65. The van der Waals surface area contributed by atoms with Crippen molar-refractivity contribution >= 4 is 11.6 Å². The summed E-state index contributed by atoms with van der Waals surface area (Å²) in [7, 11) is 1.86. The molecule has 1 saturated heterocycles. The fraction of sp³-hybridized carbons (Fsp3) is 0.727. The Labute approximate surface area is 101 Å². The van der Waals surface area contributed by atoms with Gasteiger partial charge in [0.15, 0.2) is 0 Å². The molecule has 1 unspecified atom stereocenters. The van der Waals surface area contributed by atoms with Crippen molar-refractivity contribution in [3.05, 3.63) is 16.4 Å². The molecule has 0 saturated carbocycles. The van der Waals surface area contributed by atoms with Gasteiger partial charge in [-0.1, -0.05) is 11.6 Å². The van der Waals surface area contributed by atoms with Crippen molar-refractivity contribution in [3.8, 4) is 0 Å². The Balaban J connectivity index is 2.04. The first kappa shape index (κ1) is 11.9. The average Bonchev–Trinajstić information content (AvgIpc) is 2.73. The normalized spacial score (nSPS) is 25.2. The van der Waals surface area contributed by atoms with E-state index in [1.807, 2.05) is 14.0 Å². The van der Waals surface area contributed by atoms with Gasteiger partial charge in [0, 0.05) is 31.3 Å². The van der Waals surface area contributed by atoms with Crippen LogP contribution in [0.1, 0.15) is 24.6 Å². The smallest absolute Gasteiger partial charge is 0.131 e. The maximum atomic E-state index is 6.17. The molecule has 5 heteroatoms. The Kier molecular flexibility index (Phi) is 3.24. The predicted molar refractivity (Wildman–Crippen MR) is 63.6 cm³/mol. The van der Waals surface area contributed by atoms with Gasteiger partial charge in [0.25, 0.3) is 0 Å². The second-order valence-electron chi connectivity index (χ2n) is 4.70. The van der Waals surface area contributed by atoms with Crippen LogP contribution in [0.15, 0.2) is 0 Å². The second kappa shape index (κ2) is 4.35. The van der Waals surface area contributed by atoms with Crippen LogP contribution in [0.3, 0.4) is 0 Å². The van der Waals surface area contributed by atoms with Crippen LogP contribution in [-0.4, -0.2) is 28.5 Å². The summed E-state index contributed by atoms with van der Waals surface area (Å²) < 4.78 is 7.11. The maximum Gasteiger partial charge on any atom is 0.131 e. The number of halogens is 1. The van der Waals surface area contributed by atoms with E-state index in [4.69, 9.17) is 16.3 Å². The van der Waals surface area contributed by atoms with Gasteiger partial charge >= 0.3 is 0 Å². The number of aryl methyl sites for hydroxylation is 2. The van der Waals surface area contributed by atoms with Crippen LogP contribution in [0, 0.1) is 6.92 Å². The summed E-state index contributed by atoms with van der Waals surface area (Å²) >= 11 is 6.17. The van der Waals surface area contributed by atoms with E-state index in [2.05, 4.69) is 17.3 Å². The molecule has 1 aliphatic heterocycles. The molecular formula is C11H18ClN3O. The van der Waals surface area contributed by atoms with Crippen molar-refractivity contribution in [3.63, 3.8) is 0 Å². The fourth-order valence-corrected chi connectivity index (χ4v) is 2.22. The predicted octanol–water partition coefficient (Wildman–Crippen LogP) is 1.65. The van der Waals surface area contributed by atoms with Crippen molar-refractivity contribution in [1.82, 2.24) is 15.1 Å². The number of aromatic nitrogens is 2. The SMILES string of the molecule is Cc1nn(C)c(Cl)c1CNC1(C)CCOC1. The molecule has 1 fully saturated rings. The van der Waals surface area contributed by atoms with Crippen molar-refractivity contribution in [2.45, 2.75) is 32.4 Å². The van der Waals surface area contributed by atoms with Gasteiger partial charge in [-0.05, 0) is 20.3 Å². The van der Waals surface area contributed by atoms with Crippen molar-refractivity contribution in [1.29, 1.82) is 0 Å². The molecule has 1 aromatic rings. The van der Waals surface area contributed by atoms with Gasteiger partial charge in [-0.2, -0.15) is 5.10 Å². The molecular weight excluding hydrogens is 226 g/mol. The number of hydrogen-bond acceptors (Lipinski definition) is 3. The van der Waals surface area contributed by atoms with E-state index in [0.29, 0.717) is 5.15 Å². The molecule has 16 heavy (non-hydrogen) atoms. The third kappa shape index (κ3) is 2.24. The summed E-state index contributed by atoms with van der Waals surface area (Å²) in [6, 6.07) is 0. The minimum Gasteiger partial charge on any atom is -0.379 e. The molecule has 2 rings (SSSR count). The molecule has 0 bridgehead atoms. The lowest BCUT2D eigenvalue weighted by atomic mass is 10.0. The summed E-state index contributed by atoms with van der Waals surface area (Å²) in [5.41, 5.74) is 2.14. The summed E-state index contributed by atoms with van der Waals surface area (Å²) in [5.74, 6) is 0. The van der Waals surface area contributed by atoms with Crippen molar-refractivity contribution in [2.24, 2.45) is 7.05 Å². The molecule has 4 nitrogen and oxygen atoms in total. The Hall–Kier alpha value is -0.580. The van der Waals surface area contributed by atoms with Gasteiger partial charge < -0.3 is 10.1 Å².